The Kier molecular flexibility index (Phi) is 7.61. The molecule has 1 rings (SSSR count). The van der Waals surface area contributed by atoms with Crippen LogP contribution in [0, 0.1) is 0 Å². The van der Waals surface area contributed by atoms with Gasteiger partial charge in [0.1, 0.15) is 5.75 Å². The molecule has 0 aliphatic rings. The number of carbonyl (C=O) groups is 1. The molecule has 0 atom stereocenters. The fourth-order valence-corrected chi connectivity index (χ4v) is 5.08. The summed E-state index contributed by atoms with van der Waals surface area (Å²) in [6.45, 7) is 0. The number of carbonyl (C=O) groups excluding carboxylic acids is 1. The molecule has 0 fully saturated rings. The van der Waals surface area contributed by atoms with Crippen molar-refractivity contribution in [2.24, 2.45) is 0 Å². The van der Waals surface area contributed by atoms with Crippen molar-refractivity contribution in [1.82, 2.24) is 4.13 Å². The van der Waals surface area contributed by atoms with Crippen LogP contribution in [0.3, 0.4) is 0 Å². The molecule has 0 bridgehead atoms. The molecule has 10 nitrogen and oxygen atoms in total. The van der Waals surface area contributed by atoms with Crippen LogP contribution in [0.15, 0.2) is 24.3 Å². The standard InChI is InChI=1S/C12H8F9NO9S3/c1-30-8(23)6-2-4-7(5-3-6)31-34(28,29)11(17,18)9(13,14)10(15,16)32(24,25)22-33(26,27)12(19,20)21/h2-5,22H,1H3. The average Bonchev–Trinajstić information content (AvgIpc) is 2.65. The zero-order chi connectivity index (χ0) is 27.2. The molecule has 1 N–H and O–H groups in total. The topological polar surface area (TPSA) is 150 Å². The quantitative estimate of drug-likeness (QED) is 0.263. The zero-order valence-electron chi connectivity index (χ0n) is 15.6. The summed E-state index contributed by atoms with van der Waals surface area (Å²) in [6, 6.07) is 2.03. The molecule has 0 unspecified atom stereocenters. The van der Waals surface area contributed by atoms with Gasteiger partial charge in [-0.1, -0.05) is 4.13 Å². The summed E-state index contributed by atoms with van der Waals surface area (Å²) in [6.07, 6.45) is 0. The lowest BCUT2D eigenvalue weighted by atomic mass is 10.2. The van der Waals surface area contributed by atoms with Crippen LogP contribution in [-0.4, -0.2) is 60.3 Å². The van der Waals surface area contributed by atoms with Gasteiger partial charge in [-0.25, -0.2) is 21.6 Å². The van der Waals surface area contributed by atoms with Gasteiger partial charge in [0.2, 0.25) is 0 Å². The van der Waals surface area contributed by atoms with E-state index in [1.165, 1.54) is 0 Å². The maximum absolute atomic E-state index is 13.9. The number of hydrogen-bond acceptors (Lipinski definition) is 9. The van der Waals surface area contributed by atoms with Gasteiger partial charge in [0.15, 0.2) is 0 Å². The van der Waals surface area contributed by atoms with Crippen molar-refractivity contribution >= 4 is 36.1 Å². The van der Waals surface area contributed by atoms with Gasteiger partial charge in [-0.3, -0.25) is 0 Å². The van der Waals surface area contributed by atoms with Gasteiger partial charge >= 0.3 is 48.1 Å². The van der Waals surface area contributed by atoms with Crippen molar-refractivity contribution in [1.29, 1.82) is 0 Å². The van der Waals surface area contributed by atoms with Gasteiger partial charge in [-0.05, 0) is 24.3 Å². The number of sulfonamides is 2. The summed E-state index contributed by atoms with van der Waals surface area (Å²) >= 11 is 0. The Hall–Kier alpha value is -2.33. The van der Waals surface area contributed by atoms with Crippen molar-refractivity contribution < 1.29 is 78.5 Å². The first-order valence-electron chi connectivity index (χ1n) is 7.48. The summed E-state index contributed by atoms with van der Waals surface area (Å²) in [5.74, 6) is -9.97. The van der Waals surface area contributed by atoms with Gasteiger partial charge in [-0.2, -0.15) is 47.9 Å². The highest BCUT2D eigenvalue weighted by atomic mass is 32.3. The first kappa shape index (κ1) is 29.7. The van der Waals surface area contributed by atoms with Gasteiger partial charge in [0.25, 0.3) is 10.0 Å². The molecule has 0 saturated heterocycles. The molecule has 1 aromatic rings. The first-order chi connectivity index (χ1) is 14.9. The minimum Gasteiger partial charge on any atom is -0.465 e. The molecular formula is C12H8F9NO9S3. The molecule has 0 heterocycles. The normalized spacial score (nSPS) is 14.5. The lowest BCUT2D eigenvalue weighted by Gasteiger charge is -2.31. The van der Waals surface area contributed by atoms with Crippen molar-refractivity contribution in [2.75, 3.05) is 7.11 Å². The van der Waals surface area contributed by atoms with E-state index in [4.69, 9.17) is 0 Å². The van der Waals surface area contributed by atoms with E-state index in [2.05, 4.69) is 8.92 Å². The number of esters is 1. The molecule has 0 saturated carbocycles. The highest BCUT2D eigenvalue weighted by molar-refractivity contribution is 8.05. The Labute approximate surface area is 183 Å². The zero-order valence-corrected chi connectivity index (χ0v) is 18.1. The number of rotatable bonds is 9. The third-order valence-corrected chi connectivity index (χ3v) is 7.98. The lowest BCUT2D eigenvalue weighted by Crippen LogP contribution is -2.64. The monoisotopic (exact) mass is 577 g/mol. The second-order valence-corrected chi connectivity index (χ2v) is 10.9. The van der Waals surface area contributed by atoms with Gasteiger partial charge in [0.05, 0.1) is 12.7 Å². The fourth-order valence-electron chi connectivity index (χ4n) is 1.68. The van der Waals surface area contributed by atoms with E-state index in [1.807, 2.05) is 0 Å². The average molecular weight is 577 g/mol. The van der Waals surface area contributed by atoms with Crippen LogP contribution in [0.4, 0.5) is 39.5 Å². The Bertz CT molecular complexity index is 1260. The highest BCUT2D eigenvalue weighted by Gasteiger charge is 2.83. The number of benzene rings is 1. The third kappa shape index (κ3) is 5.02. The molecule has 34 heavy (non-hydrogen) atoms. The fraction of sp³-hybridized carbons (Fsp3) is 0.417. The van der Waals surface area contributed by atoms with Gasteiger partial charge in [-0.15, -0.1) is 0 Å². The third-order valence-electron chi connectivity index (χ3n) is 3.39. The second kappa shape index (κ2) is 8.71. The maximum atomic E-state index is 13.9. The Morgan fingerprint density at radius 3 is 1.59 bits per heavy atom. The number of hydrogen-bond donors (Lipinski definition) is 1. The number of halogens is 9. The van der Waals surface area contributed by atoms with Crippen molar-refractivity contribution in [3.05, 3.63) is 29.8 Å². The summed E-state index contributed by atoms with van der Waals surface area (Å²) in [7, 11) is -21.6. The summed E-state index contributed by atoms with van der Waals surface area (Å²) < 4.78 is 193. The van der Waals surface area contributed by atoms with Gasteiger partial charge in [0, 0.05) is 0 Å². The minimum atomic E-state index is -7.89. The van der Waals surface area contributed by atoms with Crippen molar-refractivity contribution in [2.45, 2.75) is 21.9 Å². The molecule has 0 radical (unpaired) electrons. The first-order valence-corrected chi connectivity index (χ1v) is 11.9. The molecule has 196 valence electrons. The van der Waals surface area contributed by atoms with Crippen LogP contribution in [0.5, 0.6) is 5.75 Å². The highest BCUT2D eigenvalue weighted by Crippen LogP contribution is 2.51. The van der Waals surface area contributed by atoms with Crippen LogP contribution in [0.1, 0.15) is 10.4 Å². The van der Waals surface area contributed by atoms with E-state index in [0.717, 1.165) is 7.11 Å². The molecule has 22 heteroatoms. The van der Waals surface area contributed by atoms with E-state index < -0.39 is 68.0 Å². The Morgan fingerprint density at radius 1 is 0.765 bits per heavy atom. The molecular weight excluding hydrogens is 569 g/mol. The molecule has 0 aliphatic heterocycles. The molecule has 0 aromatic heterocycles. The molecule has 0 spiro atoms. The minimum absolute atomic E-state index is 0.362. The number of nitrogens with one attached hydrogen (secondary N) is 1. The number of methoxy groups -OCH3 is 1. The van der Waals surface area contributed by atoms with Crippen LogP contribution in [0.25, 0.3) is 0 Å². The predicted octanol–water partition coefficient (Wildman–Crippen LogP) is 1.77. The van der Waals surface area contributed by atoms with Crippen LogP contribution in [-0.2, 0) is 34.9 Å². The predicted molar refractivity (Wildman–Crippen MR) is 89.2 cm³/mol. The Balaban J connectivity index is 3.43. The summed E-state index contributed by atoms with van der Waals surface area (Å²) in [5.41, 5.74) is -7.04. The smallest absolute Gasteiger partial charge is 0.465 e. The van der Waals surface area contributed by atoms with E-state index in [0.29, 0.717) is 24.3 Å². The maximum Gasteiger partial charge on any atom is 0.512 e. The van der Waals surface area contributed by atoms with E-state index >= 15 is 0 Å². The summed E-state index contributed by atoms with van der Waals surface area (Å²) in [5, 5.41) is -14.7. The molecule has 1 aromatic carbocycles. The SMILES string of the molecule is COC(=O)c1ccc(OS(=O)(=O)C(F)(F)C(F)(F)C(F)(F)S(=O)(=O)NS(=O)(=O)C(F)(F)F)cc1. The molecule has 0 aliphatic carbocycles. The van der Waals surface area contributed by atoms with Crippen LogP contribution >= 0.6 is 0 Å². The van der Waals surface area contributed by atoms with E-state index in [1.54, 1.807) is 0 Å². The summed E-state index contributed by atoms with van der Waals surface area (Å²) in [4.78, 5) is 11.2. The number of ether oxygens (including phenoxy) is 1. The van der Waals surface area contributed by atoms with Crippen molar-refractivity contribution in [3.8, 4) is 5.75 Å². The second-order valence-electron chi connectivity index (χ2n) is 5.70. The van der Waals surface area contributed by atoms with Gasteiger partial charge < -0.3 is 8.92 Å². The largest absolute Gasteiger partial charge is 0.512 e. The van der Waals surface area contributed by atoms with E-state index in [-0.39, 0.29) is 5.56 Å². The van der Waals surface area contributed by atoms with Crippen LogP contribution in [0.2, 0.25) is 0 Å². The molecule has 0 amide bonds. The van der Waals surface area contributed by atoms with E-state index in [9.17, 15) is 69.6 Å². The number of alkyl halides is 9. The van der Waals surface area contributed by atoms with Crippen molar-refractivity contribution in [3.63, 3.8) is 0 Å². The lowest BCUT2D eigenvalue weighted by molar-refractivity contribution is -0.245. The van der Waals surface area contributed by atoms with Crippen LogP contribution < -0.4 is 8.31 Å². The Morgan fingerprint density at radius 2 is 1.21 bits per heavy atom.